The molecule has 3 aliphatic heterocycles. The number of aromatic nitrogens is 3. The van der Waals surface area contributed by atoms with E-state index in [2.05, 4.69) is 25.6 Å². The summed E-state index contributed by atoms with van der Waals surface area (Å²) in [4.78, 5) is 26.3. The monoisotopic (exact) mass is 490 g/mol. The Morgan fingerprint density at radius 1 is 1.26 bits per heavy atom. The normalized spacial score (nSPS) is 24.1. The van der Waals surface area contributed by atoms with Crippen molar-refractivity contribution in [2.75, 3.05) is 38.2 Å². The molecular formula is C24H29F3N6O2. The van der Waals surface area contributed by atoms with Crippen LogP contribution in [-0.4, -0.2) is 70.2 Å². The van der Waals surface area contributed by atoms with Gasteiger partial charge in [0.2, 0.25) is 5.95 Å². The van der Waals surface area contributed by atoms with E-state index >= 15 is 0 Å². The van der Waals surface area contributed by atoms with Crippen molar-refractivity contribution in [3.05, 3.63) is 29.2 Å². The van der Waals surface area contributed by atoms with Crippen molar-refractivity contribution >= 4 is 11.9 Å². The maximum Gasteiger partial charge on any atom is 0.419 e. The lowest BCUT2D eigenvalue weighted by molar-refractivity contribution is -0.137. The Morgan fingerprint density at radius 3 is 2.74 bits per heavy atom. The summed E-state index contributed by atoms with van der Waals surface area (Å²) in [6.07, 6.45) is 3.21. The molecule has 1 saturated carbocycles. The van der Waals surface area contributed by atoms with E-state index in [1.165, 1.54) is 19.0 Å². The molecule has 0 radical (unpaired) electrons. The second kappa shape index (κ2) is 8.48. The number of carbonyl (C=O) groups is 1. The van der Waals surface area contributed by atoms with Gasteiger partial charge in [-0.2, -0.15) is 13.2 Å². The number of carbonyl (C=O) groups excluding carboxylic acids is 1. The van der Waals surface area contributed by atoms with Crippen LogP contribution in [0.4, 0.5) is 19.1 Å². The number of nitrogens with one attached hydrogen (secondary N) is 3. The number of alkyl halides is 3. The van der Waals surface area contributed by atoms with Gasteiger partial charge in [0, 0.05) is 55.1 Å². The minimum Gasteiger partial charge on any atom is -0.381 e. The molecule has 1 amide bonds. The van der Waals surface area contributed by atoms with Gasteiger partial charge >= 0.3 is 6.18 Å². The largest absolute Gasteiger partial charge is 0.419 e. The lowest BCUT2D eigenvalue weighted by Gasteiger charge is -2.31. The molecule has 4 aliphatic rings. The maximum absolute atomic E-state index is 14.0. The number of nitrogens with zero attached hydrogens (tertiary/aromatic N) is 3. The van der Waals surface area contributed by atoms with E-state index in [0.29, 0.717) is 61.9 Å². The molecule has 0 aromatic carbocycles. The molecular weight excluding hydrogens is 461 g/mol. The number of anilines is 1. The zero-order valence-electron chi connectivity index (χ0n) is 19.4. The minimum atomic E-state index is -4.62. The fourth-order valence-electron chi connectivity index (χ4n) is 5.43. The summed E-state index contributed by atoms with van der Waals surface area (Å²) in [6.45, 7) is 3.16. The molecule has 2 aromatic heterocycles. The molecule has 0 bridgehead atoms. The quantitative estimate of drug-likeness (QED) is 0.596. The highest BCUT2D eigenvalue weighted by atomic mass is 19.4. The fraction of sp³-hybridized carbons (Fsp3) is 0.625. The van der Waals surface area contributed by atoms with Crippen molar-refractivity contribution in [3.63, 3.8) is 0 Å². The van der Waals surface area contributed by atoms with Crippen LogP contribution in [0.25, 0.3) is 11.3 Å². The van der Waals surface area contributed by atoms with Crippen molar-refractivity contribution in [2.24, 2.45) is 5.92 Å². The van der Waals surface area contributed by atoms with Gasteiger partial charge in [-0.05, 0) is 44.1 Å². The van der Waals surface area contributed by atoms with Gasteiger partial charge in [0.25, 0.3) is 5.91 Å². The first kappa shape index (κ1) is 22.8. The number of aromatic amines is 1. The first-order valence-electron chi connectivity index (χ1n) is 12.3. The number of piperidine rings is 1. The van der Waals surface area contributed by atoms with Gasteiger partial charge in [-0.25, -0.2) is 9.97 Å². The van der Waals surface area contributed by atoms with Crippen molar-refractivity contribution < 1.29 is 22.7 Å². The van der Waals surface area contributed by atoms with Crippen molar-refractivity contribution in [1.82, 2.24) is 25.2 Å². The van der Waals surface area contributed by atoms with Crippen LogP contribution in [0, 0.1) is 5.92 Å². The van der Waals surface area contributed by atoms with Gasteiger partial charge in [0.05, 0.1) is 18.9 Å². The molecule has 3 N–H and O–H groups in total. The van der Waals surface area contributed by atoms with Crippen LogP contribution in [0.2, 0.25) is 0 Å². The fourth-order valence-corrected chi connectivity index (χ4v) is 5.43. The lowest BCUT2D eigenvalue weighted by atomic mass is 9.99. The Balaban J connectivity index is 1.29. The average Bonchev–Trinajstić information content (AvgIpc) is 3.46. The Hall–Kier alpha value is -2.66. The number of hydrogen-bond donors (Lipinski definition) is 3. The summed E-state index contributed by atoms with van der Waals surface area (Å²) in [6, 6.07) is 0.0553. The first-order chi connectivity index (χ1) is 16.8. The van der Waals surface area contributed by atoms with E-state index in [4.69, 9.17) is 4.74 Å². The molecule has 188 valence electrons. The molecule has 1 spiro atoms. The Labute approximate surface area is 201 Å². The summed E-state index contributed by atoms with van der Waals surface area (Å²) >= 11 is 0. The number of H-pyrrole nitrogens is 1. The molecule has 8 nitrogen and oxygen atoms in total. The van der Waals surface area contributed by atoms with Gasteiger partial charge in [-0.15, -0.1) is 0 Å². The average molecular weight is 491 g/mol. The predicted octanol–water partition coefficient (Wildman–Crippen LogP) is 3.22. The van der Waals surface area contributed by atoms with E-state index in [1.807, 2.05) is 0 Å². The van der Waals surface area contributed by atoms with Crippen LogP contribution in [0.1, 0.15) is 53.7 Å². The number of ether oxygens (including phenoxy) is 1. The third-order valence-corrected chi connectivity index (χ3v) is 7.76. The van der Waals surface area contributed by atoms with E-state index < -0.39 is 11.7 Å². The van der Waals surface area contributed by atoms with E-state index in [0.717, 1.165) is 25.6 Å². The summed E-state index contributed by atoms with van der Waals surface area (Å²) in [5.41, 5.74) is 0.447. The molecule has 11 heteroatoms. The summed E-state index contributed by atoms with van der Waals surface area (Å²) < 4.78 is 47.1. The molecule has 2 saturated heterocycles. The lowest BCUT2D eigenvalue weighted by Crippen LogP contribution is -2.46. The minimum absolute atomic E-state index is 0.0553. The van der Waals surface area contributed by atoms with Gasteiger partial charge in [0.15, 0.2) is 0 Å². The first-order valence-corrected chi connectivity index (χ1v) is 12.3. The highest BCUT2D eigenvalue weighted by molar-refractivity contribution is 5.96. The highest BCUT2D eigenvalue weighted by Crippen LogP contribution is 2.42. The molecule has 6 rings (SSSR count). The van der Waals surface area contributed by atoms with E-state index in [-0.39, 0.29) is 29.1 Å². The van der Waals surface area contributed by atoms with Crippen molar-refractivity contribution in [2.45, 2.75) is 56.3 Å². The zero-order valence-corrected chi connectivity index (χ0v) is 19.4. The summed E-state index contributed by atoms with van der Waals surface area (Å²) in [5.74, 6) is 0.304. The van der Waals surface area contributed by atoms with Gasteiger partial charge < -0.3 is 25.3 Å². The van der Waals surface area contributed by atoms with Gasteiger partial charge in [-0.1, -0.05) is 0 Å². The molecule has 2 aromatic rings. The zero-order chi connectivity index (χ0) is 24.2. The summed E-state index contributed by atoms with van der Waals surface area (Å²) in [5, 5.41) is 6.76. The highest BCUT2D eigenvalue weighted by Gasteiger charge is 2.45. The third kappa shape index (κ3) is 4.40. The van der Waals surface area contributed by atoms with E-state index in [9.17, 15) is 18.0 Å². The second-order valence-electron chi connectivity index (χ2n) is 10.3. The number of amides is 1. The smallest absolute Gasteiger partial charge is 0.381 e. The van der Waals surface area contributed by atoms with Gasteiger partial charge in [0.1, 0.15) is 11.3 Å². The molecule has 3 fully saturated rings. The van der Waals surface area contributed by atoms with Crippen LogP contribution in [0.15, 0.2) is 12.4 Å². The Bertz CT molecular complexity index is 1110. The SMILES string of the molecule is O=C1c2[nH]cc(-c3nc(N[C@H]4CCC5(CC5)NC4)ncc3C(F)(F)F)c2CCCN1CC1COC1. The van der Waals surface area contributed by atoms with Crippen LogP contribution >= 0.6 is 0 Å². The van der Waals surface area contributed by atoms with Crippen LogP contribution in [0.3, 0.4) is 0 Å². The standard InChI is InChI=1S/C24H29F3N6O2/c25-24(26,27)18-10-29-22(31-15-3-4-23(5-6-23)30-8-15)32-19(18)17-9-28-20-16(17)2-1-7-33(21(20)34)11-14-12-35-13-14/h9-10,14-15,28,30H,1-8,11-13H2,(H,29,31,32)/t15-/m0/s1. The molecule has 1 aliphatic carbocycles. The molecule has 0 unspecified atom stereocenters. The van der Waals surface area contributed by atoms with Crippen LogP contribution < -0.4 is 10.6 Å². The maximum atomic E-state index is 14.0. The third-order valence-electron chi connectivity index (χ3n) is 7.76. The van der Waals surface area contributed by atoms with Crippen molar-refractivity contribution in [3.8, 4) is 11.3 Å². The molecule has 1 atom stereocenters. The topological polar surface area (TPSA) is 95.2 Å². The predicted molar refractivity (Wildman–Crippen MR) is 122 cm³/mol. The summed E-state index contributed by atoms with van der Waals surface area (Å²) in [7, 11) is 0. The van der Waals surface area contributed by atoms with Crippen molar-refractivity contribution in [1.29, 1.82) is 0 Å². The second-order valence-corrected chi connectivity index (χ2v) is 10.3. The Kier molecular flexibility index (Phi) is 5.52. The molecule has 35 heavy (non-hydrogen) atoms. The number of fused-ring (bicyclic) bond motifs is 1. The van der Waals surface area contributed by atoms with E-state index in [1.54, 1.807) is 4.90 Å². The number of halogens is 3. The van der Waals surface area contributed by atoms with Crippen LogP contribution in [0.5, 0.6) is 0 Å². The number of hydrogen-bond acceptors (Lipinski definition) is 6. The van der Waals surface area contributed by atoms with Gasteiger partial charge in [-0.3, -0.25) is 4.79 Å². The number of rotatable bonds is 5. The Morgan fingerprint density at radius 2 is 2.09 bits per heavy atom. The van der Waals surface area contributed by atoms with Crippen LogP contribution in [-0.2, 0) is 17.3 Å². The molecule has 5 heterocycles.